The molecule has 110 valence electrons. The van der Waals surface area contributed by atoms with E-state index in [0.717, 1.165) is 25.7 Å². The van der Waals surface area contributed by atoms with E-state index in [0.29, 0.717) is 6.54 Å². The van der Waals surface area contributed by atoms with Crippen LogP contribution >= 0.6 is 0 Å². The number of hydrogen-bond acceptors (Lipinski definition) is 3. The van der Waals surface area contributed by atoms with Crippen LogP contribution in [0.2, 0.25) is 0 Å². The summed E-state index contributed by atoms with van der Waals surface area (Å²) in [7, 11) is 0. The van der Waals surface area contributed by atoms with Gasteiger partial charge in [0, 0.05) is 5.92 Å². The number of carbonyl (C=O) groups excluding carboxylic acids is 1. The molecular formula is C14H26N2O3. The first-order valence-electron chi connectivity index (χ1n) is 7.00. The van der Waals surface area contributed by atoms with Gasteiger partial charge in [-0.2, -0.15) is 0 Å². The third-order valence-electron chi connectivity index (χ3n) is 3.95. The Hall–Kier alpha value is -1.10. The van der Waals surface area contributed by atoms with Crippen molar-refractivity contribution in [2.75, 3.05) is 6.54 Å². The summed E-state index contributed by atoms with van der Waals surface area (Å²) in [5.41, 5.74) is 5.21. The Morgan fingerprint density at radius 3 is 2.37 bits per heavy atom. The van der Waals surface area contributed by atoms with Gasteiger partial charge in [0.1, 0.15) is 6.04 Å². The fraction of sp³-hybridized carbons (Fsp3) is 0.857. The van der Waals surface area contributed by atoms with Gasteiger partial charge in [-0.3, -0.25) is 4.79 Å². The maximum absolute atomic E-state index is 12.3. The summed E-state index contributed by atoms with van der Waals surface area (Å²) < 4.78 is 0. The third kappa shape index (κ3) is 4.20. The van der Waals surface area contributed by atoms with Crippen LogP contribution < -0.4 is 11.1 Å². The summed E-state index contributed by atoms with van der Waals surface area (Å²) in [6.07, 6.45) is 3.89. The largest absolute Gasteiger partial charge is 0.480 e. The van der Waals surface area contributed by atoms with Crippen LogP contribution in [0.1, 0.15) is 46.5 Å². The van der Waals surface area contributed by atoms with E-state index >= 15 is 0 Å². The standard InChI is InChI=1S/C14H26N2O3/c1-14(2,3)11(13(18)19)16-12(17)10-7-5-4-6-9(10)8-15/h9-11H,4-8,15H2,1-3H3,(H,16,17)(H,18,19)/t9?,10?,11-/m1/s1. The highest BCUT2D eigenvalue weighted by Gasteiger charge is 2.36. The number of aliphatic carboxylic acids is 1. The van der Waals surface area contributed by atoms with Gasteiger partial charge >= 0.3 is 5.97 Å². The van der Waals surface area contributed by atoms with Gasteiger partial charge in [-0.25, -0.2) is 4.79 Å². The predicted octanol–water partition coefficient (Wildman–Crippen LogP) is 1.37. The molecule has 3 atom stereocenters. The fourth-order valence-electron chi connectivity index (χ4n) is 2.73. The molecule has 4 N–H and O–H groups in total. The number of nitrogens with one attached hydrogen (secondary N) is 1. The number of hydrogen-bond donors (Lipinski definition) is 3. The molecule has 0 spiro atoms. The van der Waals surface area contributed by atoms with Crippen LogP contribution in [0.25, 0.3) is 0 Å². The van der Waals surface area contributed by atoms with E-state index in [1.165, 1.54) is 0 Å². The molecule has 0 aliphatic heterocycles. The van der Waals surface area contributed by atoms with Crippen molar-refractivity contribution >= 4 is 11.9 Å². The SMILES string of the molecule is CC(C)(C)[C@H](NC(=O)C1CCCCC1CN)C(=O)O. The molecule has 0 heterocycles. The molecule has 1 aliphatic carbocycles. The molecule has 0 bridgehead atoms. The highest BCUT2D eigenvalue weighted by molar-refractivity contribution is 5.85. The average molecular weight is 270 g/mol. The van der Waals surface area contributed by atoms with Crippen molar-refractivity contribution in [2.24, 2.45) is 23.0 Å². The lowest BCUT2D eigenvalue weighted by molar-refractivity contribution is -0.146. The van der Waals surface area contributed by atoms with Gasteiger partial charge in [0.2, 0.25) is 5.91 Å². The van der Waals surface area contributed by atoms with Crippen molar-refractivity contribution in [3.63, 3.8) is 0 Å². The second-order valence-electron chi connectivity index (χ2n) is 6.53. The van der Waals surface area contributed by atoms with Crippen molar-refractivity contribution in [1.29, 1.82) is 0 Å². The first kappa shape index (κ1) is 16.0. The van der Waals surface area contributed by atoms with Crippen LogP contribution in [0.4, 0.5) is 0 Å². The molecule has 5 nitrogen and oxygen atoms in total. The number of amides is 1. The maximum atomic E-state index is 12.3. The normalized spacial score (nSPS) is 25.7. The summed E-state index contributed by atoms with van der Waals surface area (Å²) in [4.78, 5) is 23.6. The number of nitrogens with two attached hydrogens (primary N) is 1. The van der Waals surface area contributed by atoms with Gasteiger partial charge in [-0.15, -0.1) is 0 Å². The van der Waals surface area contributed by atoms with Crippen LogP contribution in [0, 0.1) is 17.3 Å². The van der Waals surface area contributed by atoms with E-state index in [-0.39, 0.29) is 17.7 Å². The van der Waals surface area contributed by atoms with E-state index in [1.807, 2.05) is 20.8 Å². The van der Waals surface area contributed by atoms with Crippen LogP contribution in [0.3, 0.4) is 0 Å². The van der Waals surface area contributed by atoms with Gasteiger partial charge in [-0.1, -0.05) is 33.6 Å². The van der Waals surface area contributed by atoms with Crippen molar-refractivity contribution in [3.8, 4) is 0 Å². The first-order valence-corrected chi connectivity index (χ1v) is 7.00. The molecule has 1 amide bonds. The Kier molecular flexibility index (Phi) is 5.35. The molecule has 1 fully saturated rings. The average Bonchev–Trinajstić information content (AvgIpc) is 2.33. The van der Waals surface area contributed by atoms with Crippen molar-refractivity contribution in [1.82, 2.24) is 5.32 Å². The third-order valence-corrected chi connectivity index (χ3v) is 3.95. The quantitative estimate of drug-likeness (QED) is 0.719. The van der Waals surface area contributed by atoms with Gasteiger partial charge in [0.25, 0.3) is 0 Å². The first-order chi connectivity index (χ1) is 8.77. The Morgan fingerprint density at radius 2 is 1.89 bits per heavy atom. The second-order valence-corrected chi connectivity index (χ2v) is 6.53. The van der Waals surface area contributed by atoms with Gasteiger partial charge < -0.3 is 16.2 Å². The number of carboxylic acids is 1. The molecule has 1 saturated carbocycles. The molecule has 0 aromatic heterocycles. The smallest absolute Gasteiger partial charge is 0.326 e. The van der Waals surface area contributed by atoms with E-state index < -0.39 is 17.4 Å². The number of carboxylic acid groups (broad SMARTS) is 1. The molecular weight excluding hydrogens is 244 g/mol. The lowest BCUT2D eigenvalue weighted by Gasteiger charge is -2.33. The summed E-state index contributed by atoms with van der Waals surface area (Å²) >= 11 is 0. The van der Waals surface area contributed by atoms with Gasteiger partial charge in [0.15, 0.2) is 0 Å². The van der Waals surface area contributed by atoms with Crippen LogP contribution in [0.5, 0.6) is 0 Å². The molecule has 19 heavy (non-hydrogen) atoms. The van der Waals surface area contributed by atoms with Crippen molar-refractivity contribution < 1.29 is 14.7 Å². The molecule has 0 radical (unpaired) electrons. The zero-order valence-corrected chi connectivity index (χ0v) is 12.1. The molecule has 2 unspecified atom stereocenters. The monoisotopic (exact) mass is 270 g/mol. The van der Waals surface area contributed by atoms with Crippen molar-refractivity contribution in [2.45, 2.75) is 52.5 Å². The van der Waals surface area contributed by atoms with Gasteiger partial charge in [0.05, 0.1) is 0 Å². The molecule has 1 rings (SSSR count). The molecule has 0 aromatic carbocycles. The highest BCUT2D eigenvalue weighted by Crippen LogP contribution is 2.30. The van der Waals surface area contributed by atoms with E-state index in [4.69, 9.17) is 5.73 Å². The second kappa shape index (κ2) is 6.37. The Labute approximate surface area is 114 Å². The minimum absolute atomic E-state index is 0.136. The zero-order chi connectivity index (χ0) is 14.6. The minimum Gasteiger partial charge on any atom is -0.480 e. The fourth-order valence-corrected chi connectivity index (χ4v) is 2.73. The number of rotatable bonds is 4. The molecule has 1 aliphatic rings. The highest BCUT2D eigenvalue weighted by atomic mass is 16.4. The molecule has 0 saturated heterocycles. The van der Waals surface area contributed by atoms with Gasteiger partial charge in [-0.05, 0) is 30.7 Å². The summed E-state index contributed by atoms with van der Waals surface area (Å²) in [6.45, 7) is 5.93. The van der Waals surface area contributed by atoms with Crippen molar-refractivity contribution in [3.05, 3.63) is 0 Å². The topological polar surface area (TPSA) is 92.4 Å². The van der Waals surface area contributed by atoms with E-state index in [1.54, 1.807) is 0 Å². The van der Waals surface area contributed by atoms with Crippen LogP contribution in [-0.2, 0) is 9.59 Å². The predicted molar refractivity (Wildman–Crippen MR) is 73.5 cm³/mol. The maximum Gasteiger partial charge on any atom is 0.326 e. The van der Waals surface area contributed by atoms with E-state index in [2.05, 4.69) is 5.32 Å². The molecule has 5 heteroatoms. The number of carbonyl (C=O) groups is 2. The Bertz CT molecular complexity index is 336. The lowest BCUT2D eigenvalue weighted by Crippen LogP contribution is -2.52. The molecule has 0 aromatic rings. The van der Waals surface area contributed by atoms with E-state index in [9.17, 15) is 14.7 Å². The summed E-state index contributed by atoms with van der Waals surface area (Å²) in [6, 6.07) is -0.861. The minimum atomic E-state index is -0.985. The Balaban J connectivity index is 2.73. The lowest BCUT2D eigenvalue weighted by atomic mass is 9.78. The zero-order valence-electron chi connectivity index (χ0n) is 12.1. The Morgan fingerprint density at radius 1 is 1.32 bits per heavy atom. The van der Waals surface area contributed by atoms with Crippen LogP contribution in [-0.4, -0.2) is 29.6 Å². The van der Waals surface area contributed by atoms with Crippen LogP contribution in [0.15, 0.2) is 0 Å². The summed E-state index contributed by atoms with van der Waals surface area (Å²) in [5.74, 6) is -1.09. The summed E-state index contributed by atoms with van der Waals surface area (Å²) in [5, 5.41) is 11.9.